The molecule has 4 aromatic carbocycles. The van der Waals surface area contributed by atoms with Crippen molar-refractivity contribution in [2.75, 3.05) is 12.5 Å². The fourth-order valence-corrected chi connectivity index (χ4v) is 6.57. The van der Waals surface area contributed by atoms with Crippen LogP contribution < -0.4 is 0 Å². The van der Waals surface area contributed by atoms with E-state index in [-0.39, 0.29) is 61.6 Å². The van der Waals surface area contributed by atoms with Crippen LogP contribution in [0.2, 0.25) is 0 Å². The number of carbonyl (C=O) groups excluding carboxylic acids is 2. The van der Waals surface area contributed by atoms with E-state index in [9.17, 15) is 23.5 Å². The molecule has 1 N–H and O–H groups in total. The number of likely N-dealkylation sites (tertiary alicyclic amines) is 2. The van der Waals surface area contributed by atoms with Crippen LogP contribution in [0.3, 0.4) is 0 Å². The minimum atomic E-state index is -1.67. The third-order valence-electron chi connectivity index (χ3n) is 8.38. The molecule has 2 saturated heterocycles. The first-order valence-electron chi connectivity index (χ1n) is 15.3. The second-order valence-corrected chi connectivity index (χ2v) is 14.0. The molecule has 262 valence electrons. The van der Waals surface area contributed by atoms with Gasteiger partial charge in [-0.25, -0.2) is 13.0 Å². The lowest BCUT2D eigenvalue weighted by molar-refractivity contribution is -0.132. The number of nitrogens with zero attached hydrogens (tertiary/aromatic N) is 2. The van der Waals surface area contributed by atoms with Crippen LogP contribution >= 0.6 is 33.0 Å². The lowest BCUT2D eigenvalue weighted by Crippen LogP contribution is -2.34. The van der Waals surface area contributed by atoms with Gasteiger partial charge in [-0.1, -0.05) is 92.4 Å². The highest BCUT2D eigenvalue weighted by Crippen LogP contribution is 2.41. The molecule has 0 spiro atoms. The van der Waals surface area contributed by atoms with Gasteiger partial charge in [0.2, 0.25) is 21.0 Å². The fourth-order valence-electron chi connectivity index (χ4n) is 6.24. The van der Waals surface area contributed by atoms with Crippen LogP contribution in [0.4, 0.5) is 8.78 Å². The molecule has 2 amide bonds. The van der Waals surface area contributed by atoms with Crippen LogP contribution in [-0.2, 0) is 18.8 Å². The quantitative estimate of drug-likeness (QED) is 0.144. The topological polar surface area (TPSA) is 77.9 Å². The van der Waals surface area contributed by atoms with Crippen molar-refractivity contribution in [3.05, 3.63) is 143 Å². The van der Waals surface area contributed by atoms with Crippen molar-refractivity contribution in [3.8, 4) is 0 Å². The van der Waals surface area contributed by atoms with Crippen molar-refractivity contribution in [2.45, 2.75) is 57.3 Å². The first-order valence-corrected chi connectivity index (χ1v) is 18.6. The van der Waals surface area contributed by atoms with Crippen LogP contribution in [-0.4, -0.2) is 43.4 Å². The van der Waals surface area contributed by atoms with Gasteiger partial charge in [-0.15, -0.1) is 11.6 Å². The van der Waals surface area contributed by atoms with Crippen molar-refractivity contribution in [2.24, 2.45) is 0 Å². The number of alkyl halides is 1. The zero-order valence-electron chi connectivity index (χ0n) is 25.8. The lowest BCUT2D eigenvalue weighted by Gasteiger charge is -2.33. The highest BCUT2D eigenvalue weighted by Gasteiger charge is 2.38. The molecule has 2 fully saturated rings. The van der Waals surface area contributed by atoms with E-state index in [2.05, 4.69) is 21.4 Å². The molecule has 2 aliphatic rings. The minimum Gasteiger partial charge on any atom is -0.394 e. The lowest BCUT2D eigenvalue weighted by atomic mass is 10.0. The van der Waals surface area contributed by atoms with Crippen molar-refractivity contribution < 1.29 is 27.7 Å². The van der Waals surface area contributed by atoms with Crippen LogP contribution in [0, 0.1) is 11.6 Å². The van der Waals surface area contributed by atoms with Gasteiger partial charge in [0.1, 0.15) is 11.6 Å². The second-order valence-electron chi connectivity index (χ2n) is 11.2. The molecule has 0 radical (unpaired) electrons. The summed E-state index contributed by atoms with van der Waals surface area (Å²) in [7, 11) is 7.36. The van der Waals surface area contributed by atoms with Crippen molar-refractivity contribution in [1.29, 1.82) is 0 Å². The van der Waals surface area contributed by atoms with E-state index in [0.717, 1.165) is 28.7 Å². The molecular formula is C37H39Cl3F2N2O4S. The van der Waals surface area contributed by atoms with Crippen molar-refractivity contribution in [1.82, 2.24) is 9.80 Å². The van der Waals surface area contributed by atoms with Gasteiger partial charge in [0, 0.05) is 40.1 Å². The second kappa shape index (κ2) is 19.7. The average Bonchev–Trinajstić information content (AvgIpc) is 3.66. The molecule has 6 rings (SSSR count). The maximum absolute atomic E-state index is 13.1. The first kappa shape index (κ1) is 40.1. The van der Waals surface area contributed by atoms with Crippen molar-refractivity contribution in [3.63, 3.8) is 0 Å². The van der Waals surface area contributed by atoms with Gasteiger partial charge in [0.05, 0.1) is 30.8 Å². The molecular weight excluding hydrogens is 713 g/mol. The minimum absolute atomic E-state index is 0. The van der Waals surface area contributed by atoms with Crippen molar-refractivity contribution >= 4 is 54.0 Å². The van der Waals surface area contributed by atoms with Gasteiger partial charge in [0.25, 0.3) is 0 Å². The van der Waals surface area contributed by atoms with Gasteiger partial charge < -0.3 is 14.9 Å². The van der Waals surface area contributed by atoms with Gasteiger partial charge >= 0.3 is 0 Å². The highest BCUT2D eigenvalue weighted by molar-refractivity contribution is 8.26. The maximum atomic E-state index is 13.1. The number of amides is 2. The van der Waals surface area contributed by atoms with E-state index < -0.39 is 9.23 Å². The average molecular weight is 752 g/mol. The van der Waals surface area contributed by atoms with E-state index in [4.69, 9.17) is 15.8 Å². The standard InChI is InChI=1S/C18H17ClFNO.C18H18FNO2.CH4.Cl2OS/c19-12-17(13-4-2-1-3-5-13)21-16(10-11-18(21)22)14-6-8-15(20)9-7-14;19-15-8-6-14(7-9-15)16-10-11-18(22)20(16)17(12-21)13-4-2-1-3-5-13;;1-4(2)3/h1-9,16-17H,10-12H2;1-9,16-17,21H,10-12H2;1H4;/t2*16-,17-;;/m00../s1. The summed E-state index contributed by atoms with van der Waals surface area (Å²) >= 11 is 6.17. The molecule has 49 heavy (non-hydrogen) atoms. The Bertz CT molecular complexity index is 1520. The summed E-state index contributed by atoms with van der Waals surface area (Å²) in [6, 6.07) is 31.3. The summed E-state index contributed by atoms with van der Waals surface area (Å²) in [5.74, 6) is -0.0907. The molecule has 4 aromatic rings. The largest absolute Gasteiger partial charge is 0.394 e. The molecule has 0 unspecified atom stereocenters. The zero-order chi connectivity index (χ0) is 34.6. The highest BCUT2D eigenvalue weighted by atomic mass is 36.0. The summed E-state index contributed by atoms with van der Waals surface area (Å²) in [4.78, 5) is 28.3. The number of halogens is 5. The summed E-state index contributed by atoms with van der Waals surface area (Å²) in [6.07, 6.45) is 2.38. The van der Waals surface area contributed by atoms with Gasteiger partial charge in [-0.3, -0.25) is 9.59 Å². The van der Waals surface area contributed by atoms with Crippen LogP contribution in [0.25, 0.3) is 0 Å². The Morgan fingerprint density at radius 1 is 0.673 bits per heavy atom. The van der Waals surface area contributed by atoms with E-state index in [1.807, 2.05) is 65.6 Å². The summed E-state index contributed by atoms with van der Waals surface area (Å²) in [5, 5.41) is 9.81. The van der Waals surface area contributed by atoms with Gasteiger partial charge in [-0.2, -0.15) is 0 Å². The van der Waals surface area contributed by atoms with Gasteiger partial charge in [-0.05, 0) is 59.4 Å². The predicted octanol–water partition coefficient (Wildman–Crippen LogP) is 9.37. The SMILES string of the molecule is C.O=C1CC[C@@H](c2ccc(F)cc2)N1[C@@H](CCl)c1ccccc1.O=C1CC[C@@H](c2ccc(F)cc2)N1[C@@H](CO)c1ccccc1.O=S(Cl)Cl. The molecule has 0 saturated carbocycles. The monoisotopic (exact) mass is 750 g/mol. The van der Waals surface area contributed by atoms with E-state index in [0.29, 0.717) is 25.1 Å². The number of benzene rings is 4. The van der Waals surface area contributed by atoms with Crippen LogP contribution in [0.15, 0.2) is 109 Å². The molecule has 2 heterocycles. The third kappa shape index (κ3) is 10.8. The number of aliphatic hydroxyl groups is 1. The Hall–Kier alpha value is -3.34. The molecule has 6 nitrogen and oxygen atoms in total. The van der Waals surface area contributed by atoms with Crippen LogP contribution in [0.1, 0.15) is 79.5 Å². The maximum Gasteiger partial charge on any atom is 0.223 e. The molecule has 0 aliphatic carbocycles. The Morgan fingerprint density at radius 2 is 1.02 bits per heavy atom. The summed E-state index contributed by atoms with van der Waals surface area (Å²) < 4.78 is 35.3. The molecule has 12 heteroatoms. The van der Waals surface area contributed by atoms with Gasteiger partial charge in [0.15, 0.2) is 0 Å². The number of carbonyl (C=O) groups is 2. The number of rotatable bonds is 8. The summed E-state index contributed by atoms with van der Waals surface area (Å²) in [5.41, 5.74) is 3.80. The number of hydrogen-bond acceptors (Lipinski definition) is 4. The van der Waals surface area contributed by atoms with Crippen LogP contribution in [0.5, 0.6) is 0 Å². The smallest absolute Gasteiger partial charge is 0.223 e. The Morgan fingerprint density at radius 3 is 1.37 bits per heavy atom. The zero-order valence-corrected chi connectivity index (χ0v) is 28.9. The third-order valence-corrected chi connectivity index (χ3v) is 8.67. The summed E-state index contributed by atoms with van der Waals surface area (Å²) in [6.45, 7) is -0.131. The first-order chi connectivity index (χ1) is 23.1. The predicted molar refractivity (Wildman–Crippen MR) is 193 cm³/mol. The molecule has 0 bridgehead atoms. The Kier molecular flexibility index (Phi) is 16.2. The Balaban J connectivity index is 0.000000235. The molecule has 2 aliphatic heterocycles. The number of hydrogen-bond donors (Lipinski definition) is 1. The van der Waals surface area contributed by atoms with E-state index in [1.54, 1.807) is 29.2 Å². The Labute approximate surface area is 303 Å². The molecule has 0 aromatic heterocycles. The number of aliphatic hydroxyl groups excluding tert-OH is 1. The molecule has 4 atom stereocenters. The normalized spacial score (nSPS) is 18.2. The fraction of sp³-hybridized carbons (Fsp3) is 0.297. The van der Waals surface area contributed by atoms with E-state index >= 15 is 0 Å². The van der Waals surface area contributed by atoms with E-state index in [1.165, 1.54) is 24.3 Å².